The minimum atomic E-state index is 0.451. The van der Waals surface area contributed by atoms with Gasteiger partial charge in [0, 0.05) is 6.04 Å². The van der Waals surface area contributed by atoms with E-state index in [1.165, 1.54) is 16.7 Å². The van der Waals surface area contributed by atoms with Crippen LogP contribution in [0.1, 0.15) is 43.5 Å². The molecule has 0 radical (unpaired) electrons. The molecule has 0 aliphatic carbocycles. The lowest BCUT2D eigenvalue weighted by Crippen LogP contribution is -2.23. The summed E-state index contributed by atoms with van der Waals surface area (Å²) in [5, 5.41) is 3.55. The SMILES string of the molecule is Cc1ccc([C@H](C)NCC(C)C)cc1C. The Morgan fingerprint density at radius 3 is 2.27 bits per heavy atom. The number of nitrogens with one attached hydrogen (secondary N) is 1. The van der Waals surface area contributed by atoms with Gasteiger partial charge in [-0.15, -0.1) is 0 Å². The van der Waals surface area contributed by atoms with Gasteiger partial charge in [0.05, 0.1) is 0 Å². The molecule has 0 heterocycles. The van der Waals surface area contributed by atoms with Crippen LogP contribution in [0.2, 0.25) is 0 Å². The second-order valence-corrected chi connectivity index (χ2v) is 4.87. The smallest absolute Gasteiger partial charge is 0.0292 e. The van der Waals surface area contributed by atoms with Gasteiger partial charge >= 0.3 is 0 Å². The molecule has 1 aromatic rings. The standard InChI is InChI=1S/C14H23N/c1-10(2)9-15-13(5)14-7-6-11(3)12(4)8-14/h6-8,10,13,15H,9H2,1-5H3/t13-/m0/s1. The molecular weight excluding hydrogens is 182 g/mol. The summed E-state index contributed by atoms with van der Waals surface area (Å²) in [5.74, 6) is 0.707. The van der Waals surface area contributed by atoms with Crippen LogP contribution in [0.3, 0.4) is 0 Å². The van der Waals surface area contributed by atoms with Crippen LogP contribution in [0.5, 0.6) is 0 Å². The Hall–Kier alpha value is -0.820. The van der Waals surface area contributed by atoms with Gasteiger partial charge < -0.3 is 5.32 Å². The average molecular weight is 205 g/mol. The number of hydrogen-bond acceptors (Lipinski definition) is 1. The van der Waals surface area contributed by atoms with Crippen LogP contribution in [0, 0.1) is 19.8 Å². The molecule has 0 aliphatic heterocycles. The predicted molar refractivity (Wildman–Crippen MR) is 67.2 cm³/mol. The van der Waals surface area contributed by atoms with Crippen LogP contribution in [-0.4, -0.2) is 6.54 Å². The first-order chi connectivity index (χ1) is 7.00. The van der Waals surface area contributed by atoms with E-state index in [9.17, 15) is 0 Å². The summed E-state index contributed by atoms with van der Waals surface area (Å²) in [7, 11) is 0. The molecule has 1 N–H and O–H groups in total. The van der Waals surface area contributed by atoms with Crippen molar-refractivity contribution in [3.63, 3.8) is 0 Å². The van der Waals surface area contributed by atoms with E-state index in [-0.39, 0.29) is 0 Å². The van der Waals surface area contributed by atoms with Gasteiger partial charge in [-0.05, 0) is 49.9 Å². The Morgan fingerprint density at radius 2 is 1.73 bits per heavy atom. The van der Waals surface area contributed by atoms with Crippen molar-refractivity contribution in [1.29, 1.82) is 0 Å². The molecule has 1 nitrogen and oxygen atoms in total. The van der Waals surface area contributed by atoms with Crippen molar-refractivity contribution in [1.82, 2.24) is 5.32 Å². The number of benzene rings is 1. The zero-order valence-electron chi connectivity index (χ0n) is 10.6. The Labute approximate surface area is 93.9 Å². The van der Waals surface area contributed by atoms with Crippen molar-refractivity contribution < 1.29 is 0 Å². The van der Waals surface area contributed by atoms with Crippen molar-refractivity contribution >= 4 is 0 Å². The zero-order chi connectivity index (χ0) is 11.4. The lowest BCUT2D eigenvalue weighted by molar-refractivity contribution is 0.496. The van der Waals surface area contributed by atoms with Crippen LogP contribution >= 0.6 is 0 Å². The number of aryl methyl sites for hydroxylation is 2. The van der Waals surface area contributed by atoms with Gasteiger partial charge in [0.2, 0.25) is 0 Å². The lowest BCUT2D eigenvalue weighted by atomic mass is 10.0. The zero-order valence-corrected chi connectivity index (χ0v) is 10.6. The highest BCUT2D eigenvalue weighted by Crippen LogP contribution is 2.16. The number of hydrogen-bond donors (Lipinski definition) is 1. The third-order valence-corrected chi connectivity index (χ3v) is 2.86. The van der Waals surface area contributed by atoms with Crippen LogP contribution in [-0.2, 0) is 0 Å². The van der Waals surface area contributed by atoms with Gasteiger partial charge in [0.25, 0.3) is 0 Å². The van der Waals surface area contributed by atoms with E-state index in [4.69, 9.17) is 0 Å². The molecule has 0 saturated heterocycles. The highest BCUT2D eigenvalue weighted by atomic mass is 14.9. The summed E-state index contributed by atoms with van der Waals surface area (Å²) >= 11 is 0. The summed E-state index contributed by atoms with van der Waals surface area (Å²) < 4.78 is 0. The Bertz CT molecular complexity index is 315. The third kappa shape index (κ3) is 3.67. The van der Waals surface area contributed by atoms with Crippen LogP contribution in [0.15, 0.2) is 18.2 Å². The van der Waals surface area contributed by atoms with Crippen molar-refractivity contribution in [3.05, 3.63) is 34.9 Å². The molecule has 1 atom stereocenters. The quantitative estimate of drug-likeness (QED) is 0.791. The summed E-state index contributed by atoms with van der Waals surface area (Å²) in [6, 6.07) is 7.16. The second kappa shape index (κ2) is 5.32. The molecule has 1 heteroatoms. The van der Waals surface area contributed by atoms with Crippen molar-refractivity contribution in [2.24, 2.45) is 5.92 Å². The fraction of sp³-hybridized carbons (Fsp3) is 0.571. The van der Waals surface area contributed by atoms with Crippen LogP contribution < -0.4 is 5.32 Å². The Balaban J connectivity index is 2.65. The third-order valence-electron chi connectivity index (χ3n) is 2.86. The first-order valence-corrected chi connectivity index (χ1v) is 5.81. The topological polar surface area (TPSA) is 12.0 Å². The summed E-state index contributed by atoms with van der Waals surface area (Å²) in [5.41, 5.74) is 4.14. The summed E-state index contributed by atoms with van der Waals surface area (Å²) in [6.07, 6.45) is 0. The first kappa shape index (κ1) is 12.3. The fourth-order valence-corrected chi connectivity index (χ4v) is 1.56. The predicted octanol–water partition coefficient (Wildman–Crippen LogP) is 3.61. The van der Waals surface area contributed by atoms with Crippen molar-refractivity contribution in [2.45, 2.75) is 40.7 Å². The maximum absolute atomic E-state index is 3.55. The maximum atomic E-state index is 3.55. The van der Waals surface area contributed by atoms with Crippen LogP contribution in [0.4, 0.5) is 0 Å². The van der Waals surface area contributed by atoms with E-state index < -0.39 is 0 Å². The van der Waals surface area contributed by atoms with Crippen molar-refractivity contribution in [2.75, 3.05) is 6.54 Å². The van der Waals surface area contributed by atoms with Crippen LogP contribution in [0.25, 0.3) is 0 Å². The largest absolute Gasteiger partial charge is 0.310 e. The van der Waals surface area contributed by atoms with E-state index in [0.717, 1.165) is 6.54 Å². The van der Waals surface area contributed by atoms with E-state index in [1.54, 1.807) is 0 Å². The summed E-state index contributed by atoms with van der Waals surface area (Å²) in [6.45, 7) is 12.1. The van der Waals surface area contributed by atoms with Gasteiger partial charge in [-0.3, -0.25) is 0 Å². The molecule has 84 valence electrons. The Kier molecular flexibility index (Phi) is 4.34. The normalized spacial score (nSPS) is 13.2. The molecule has 0 unspecified atom stereocenters. The molecule has 1 aromatic carbocycles. The first-order valence-electron chi connectivity index (χ1n) is 5.81. The van der Waals surface area contributed by atoms with Gasteiger partial charge in [0.1, 0.15) is 0 Å². The second-order valence-electron chi connectivity index (χ2n) is 4.87. The highest BCUT2D eigenvalue weighted by Gasteiger charge is 2.06. The van der Waals surface area contributed by atoms with E-state index in [2.05, 4.69) is 58.1 Å². The van der Waals surface area contributed by atoms with E-state index in [1.807, 2.05) is 0 Å². The molecule has 1 rings (SSSR count). The molecule has 0 bridgehead atoms. The minimum Gasteiger partial charge on any atom is -0.310 e. The Morgan fingerprint density at radius 1 is 1.07 bits per heavy atom. The molecule has 0 amide bonds. The van der Waals surface area contributed by atoms with Gasteiger partial charge in [0.15, 0.2) is 0 Å². The average Bonchev–Trinajstić information content (AvgIpc) is 2.18. The van der Waals surface area contributed by atoms with E-state index in [0.29, 0.717) is 12.0 Å². The van der Waals surface area contributed by atoms with Crippen molar-refractivity contribution in [3.8, 4) is 0 Å². The number of rotatable bonds is 4. The van der Waals surface area contributed by atoms with Gasteiger partial charge in [-0.1, -0.05) is 32.0 Å². The van der Waals surface area contributed by atoms with Gasteiger partial charge in [-0.25, -0.2) is 0 Å². The maximum Gasteiger partial charge on any atom is 0.0292 e. The lowest BCUT2D eigenvalue weighted by Gasteiger charge is -2.17. The minimum absolute atomic E-state index is 0.451. The molecule has 15 heavy (non-hydrogen) atoms. The highest BCUT2D eigenvalue weighted by molar-refractivity contribution is 5.31. The molecule has 0 fully saturated rings. The molecule has 0 saturated carbocycles. The molecule has 0 spiro atoms. The fourth-order valence-electron chi connectivity index (χ4n) is 1.56. The molecule has 0 aliphatic rings. The molecule has 0 aromatic heterocycles. The molecular formula is C14H23N. The monoisotopic (exact) mass is 205 g/mol. The van der Waals surface area contributed by atoms with E-state index >= 15 is 0 Å². The van der Waals surface area contributed by atoms with Gasteiger partial charge in [-0.2, -0.15) is 0 Å². The summed E-state index contributed by atoms with van der Waals surface area (Å²) in [4.78, 5) is 0.